The Bertz CT molecular complexity index is 804. The summed E-state index contributed by atoms with van der Waals surface area (Å²) in [4.78, 5) is 13.9. The average molecular weight is 359 g/mol. The second-order valence-electron chi connectivity index (χ2n) is 5.57. The number of hydrogen-bond acceptors (Lipinski definition) is 4. The van der Waals surface area contributed by atoms with Crippen LogP contribution in [-0.4, -0.2) is 39.2 Å². The highest BCUT2D eigenvalue weighted by Crippen LogP contribution is 2.31. The van der Waals surface area contributed by atoms with Crippen LogP contribution in [0.1, 0.15) is 11.1 Å². The van der Waals surface area contributed by atoms with Crippen molar-refractivity contribution in [1.29, 1.82) is 0 Å². The molecule has 0 aliphatic rings. The van der Waals surface area contributed by atoms with E-state index in [0.717, 1.165) is 5.56 Å². The predicted molar refractivity (Wildman–Crippen MR) is 98.0 cm³/mol. The molecule has 2 rings (SSSR count). The molecule has 0 atom stereocenters. The standard InChI is InChI=1S/C20H22FNO4/c1-22(13-15-6-5-7-18(25-3)20(15)26-4)19(23)11-9-14-8-10-17(24-2)16(21)12-14/h5-12H,13H2,1-4H3. The van der Waals surface area contributed by atoms with Crippen molar-refractivity contribution < 1.29 is 23.4 Å². The van der Waals surface area contributed by atoms with Crippen LogP contribution in [0.3, 0.4) is 0 Å². The van der Waals surface area contributed by atoms with Gasteiger partial charge in [-0.15, -0.1) is 0 Å². The molecule has 1 amide bonds. The Morgan fingerprint density at radius 1 is 1.08 bits per heavy atom. The fourth-order valence-electron chi connectivity index (χ4n) is 2.49. The van der Waals surface area contributed by atoms with Crippen molar-refractivity contribution in [2.24, 2.45) is 0 Å². The molecule has 2 aromatic rings. The van der Waals surface area contributed by atoms with Crippen LogP contribution >= 0.6 is 0 Å². The SMILES string of the molecule is COc1ccc(C=CC(=O)N(C)Cc2cccc(OC)c2OC)cc1F. The molecular weight excluding hydrogens is 337 g/mol. The highest BCUT2D eigenvalue weighted by atomic mass is 19.1. The lowest BCUT2D eigenvalue weighted by molar-refractivity contribution is -0.125. The van der Waals surface area contributed by atoms with Crippen molar-refractivity contribution in [3.8, 4) is 17.2 Å². The van der Waals surface area contributed by atoms with Gasteiger partial charge in [0.15, 0.2) is 23.1 Å². The number of carbonyl (C=O) groups excluding carboxylic acids is 1. The molecule has 0 heterocycles. The molecule has 5 nitrogen and oxygen atoms in total. The van der Waals surface area contributed by atoms with Gasteiger partial charge in [0.1, 0.15) is 0 Å². The average Bonchev–Trinajstić information content (AvgIpc) is 2.65. The molecule has 6 heteroatoms. The molecule has 0 aliphatic heterocycles. The molecule has 0 saturated carbocycles. The summed E-state index contributed by atoms with van der Waals surface area (Å²) < 4.78 is 29.2. The quantitative estimate of drug-likeness (QED) is 0.710. The van der Waals surface area contributed by atoms with Gasteiger partial charge in [-0.05, 0) is 29.8 Å². The molecule has 138 valence electrons. The maximum atomic E-state index is 13.7. The summed E-state index contributed by atoms with van der Waals surface area (Å²) in [5, 5.41) is 0. The van der Waals surface area contributed by atoms with Gasteiger partial charge >= 0.3 is 0 Å². The van der Waals surface area contributed by atoms with Gasteiger partial charge in [0, 0.05) is 25.2 Å². The zero-order valence-electron chi connectivity index (χ0n) is 15.3. The molecule has 0 radical (unpaired) electrons. The molecule has 0 saturated heterocycles. The Kier molecular flexibility index (Phi) is 6.60. The molecule has 0 unspecified atom stereocenters. The number of carbonyl (C=O) groups is 1. The maximum Gasteiger partial charge on any atom is 0.246 e. The summed E-state index contributed by atoms with van der Waals surface area (Å²) in [6.07, 6.45) is 2.96. The summed E-state index contributed by atoms with van der Waals surface area (Å²) in [6.45, 7) is 0.348. The first-order valence-electron chi connectivity index (χ1n) is 7.96. The highest BCUT2D eigenvalue weighted by molar-refractivity contribution is 5.91. The van der Waals surface area contributed by atoms with E-state index in [1.54, 1.807) is 39.5 Å². The second-order valence-corrected chi connectivity index (χ2v) is 5.57. The van der Waals surface area contributed by atoms with E-state index in [2.05, 4.69) is 0 Å². The Balaban J connectivity index is 2.09. The first-order chi connectivity index (χ1) is 12.5. The Labute approximate surface area is 152 Å². The van der Waals surface area contributed by atoms with Gasteiger partial charge in [-0.1, -0.05) is 18.2 Å². The normalized spacial score (nSPS) is 10.7. The van der Waals surface area contributed by atoms with Crippen LogP contribution in [0.15, 0.2) is 42.5 Å². The predicted octanol–water partition coefficient (Wildman–Crippen LogP) is 3.52. The molecule has 0 N–H and O–H groups in total. The zero-order chi connectivity index (χ0) is 19.1. The monoisotopic (exact) mass is 359 g/mol. The molecule has 2 aromatic carbocycles. The number of para-hydroxylation sites is 1. The van der Waals surface area contributed by atoms with E-state index in [0.29, 0.717) is 23.6 Å². The van der Waals surface area contributed by atoms with E-state index in [4.69, 9.17) is 14.2 Å². The zero-order valence-corrected chi connectivity index (χ0v) is 15.3. The summed E-state index contributed by atoms with van der Waals surface area (Å²) in [7, 11) is 6.20. The van der Waals surface area contributed by atoms with Gasteiger partial charge in [-0.2, -0.15) is 0 Å². The smallest absolute Gasteiger partial charge is 0.246 e. The number of rotatable bonds is 7. The minimum atomic E-state index is -0.475. The minimum Gasteiger partial charge on any atom is -0.494 e. The largest absolute Gasteiger partial charge is 0.494 e. The summed E-state index contributed by atoms with van der Waals surface area (Å²) in [5.41, 5.74) is 1.40. The Morgan fingerprint density at radius 2 is 1.81 bits per heavy atom. The molecule has 0 aromatic heterocycles. The molecule has 0 aliphatic carbocycles. The van der Waals surface area contributed by atoms with E-state index < -0.39 is 5.82 Å². The third-order valence-corrected chi connectivity index (χ3v) is 3.86. The van der Waals surface area contributed by atoms with Crippen molar-refractivity contribution in [3.05, 3.63) is 59.4 Å². The van der Waals surface area contributed by atoms with E-state index in [1.807, 2.05) is 12.1 Å². The van der Waals surface area contributed by atoms with Gasteiger partial charge in [0.2, 0.25) is 5.91 Å². The second kappa shape index (κ2) is 8.89. The summed E-state index contributed by atoms with van der Waals surface area (Å²) in [6, 6.07) is 10.0. The van der Waals surface area contributed by atoms with Gasteiger partial charge in [0.25, 0.3) is 0 Å². The molecule has 26 heavy (non-hydrogen) atoms. The molecule has 0 fully saturated rings. The number of amides is 1. The molecular formula is C20H22FNO4. The van der Waals surface area contributed by atoms with Crippen molar-refractivity contribution in [3.63, 3.8) is 0 Å². The van der Waals surface area contributed by atoms with E-state index in [-0.39, 0.29) is 11.7 Å². The van der Waals surface area contributed by atoms with E-state index >= 15 is 0 Å². The lowest BCUT2D eigenvalue weighted by Crippen LogP contribution is -2.24. The van der Waals surface area contributed by atoms with Gasteiger partial charge < -0.3 is 19.1 Å². The van der Waals surface area contributed by atoms with Crippen LogP contribution in [0.4, 0.5) is 4.39 Å². The molecule has 0 bridgehead atoms. The van der Waals surface area contributed by atoms with Gasteiger partial charge in [-0.3, -0.25) is 4.79 Å². The first kappa shape index (κ1) is 19.3. The van der Waals surface area contributed by atoms with Crippen molar-refractivity contribution in [2.75, 3.05) is 28.4 Å². The van der Waals surface area contributed by atoms with Gasteiger partial charge in [0.05, 0.1) is 21.3 Å². The van der Waals surface area contributed by atoms with E-state index in [9.17, 15) is 9.18 Å². The number of ether oxygens (including phenoxy) is 3. The lowest BCUT2D eigenvalue weighted by Gasteiger charge is -2.18. The Hall–Kier alpha value is -3.02. The van der Waals surface area contributed by atoms with Crippen molar-refractivity contribution in [2.45, 2.75) is 6.54 Å². The van der Waals surface area contributed by atoms with Crippen LogP contribution in [-0.2, 0) is 11.3 Å². The van der Waals surface area contributed by atoms with Crippen LogP contribution in [0.5, 0.6) is 17.2 Å². The van der Waals surface area contributed by atoms with Crippen LogP contribution in [0, 0.1) is 5.82 Å². The lowest BCUT2D eigenvalue weighted by atomic mass is 10.1. The third-order valence-electron chi connectivity index (χ3n) is 3.86. The number of halogens is 1. The van der Waals surface area contributed by atoms with Crippen LogP contribution in [0.25, 0.3) is 6.08 Å². The number of likely N-dealkylation sites (N-methyl/N-ethyl adjacent to an activating group) is 1. The number of nitrogens with zero attached hydrogens (tertiary/aromatic N) is 1. The third kappa shape index (κ3) is 4.53. The van der Waals surface area contributed by atoms with E-state index in [1.165, 1.54) is 30.2 Å². The van der Waals surface area contributed by atoms with Crippen LogP contribution in [0.2, 0.25) is 0 Å². The number of methoxy groups -OCH3 is 3. The van der Waals surface area contributed by atoms with Crippen LogP contribution < -0.4 is 14.2 Å². The highest BCUT2D eigenvalue weighted by Gasteiger charge is 2.13. The first-order valence-corrected chi connectivity index (χ1v) is 7.96. The van der Waals surface area contributed by atoms with Crippen molar-refractivity contribution in [1.82, 2.24) is 4.90 Å². The van der Waals surface area contributed by atoms with Crippen molar-refractivity contribution >= 4 is 12.0 Å². The minimum absolute atomic E-state index is 0.163. The van der Waals surface area contributed by atoms with Gasteiger partial charge in [-0.25, -0.2) is 4.39 Å². The fraction of sp³-hybridized carbons (Fsp3) is 0.250. The number of benzene rings is 2. The maximum absolute atomic E-state index is 13.7. The topological polar surface area (TPSA) is 48.0 Å². The fourth-order valence-corrected chi connectivity index (χ4v) is 2.49. The summed E-state index contributed by atoms with van der Waals surface area (Å²) in [5.74, 6) is 0.671. The molecule has 0 spiro atoms. The Morgan fingerprint density at radius 3 is 2.42 bits per heavy atom. The number of hydrogen-bond donors (Lipinski definition) is 0. The summed E-state index contributed by atoms with van der Waals surface area (Å²) >= 11 is 0.